The molecule has 2 amide bonds. The number of anilines is 1. The van der Waals surface area contributed by atoms with Gasteiger partial charge in [0, 0.05) is 10.4 Å². The number of aromatic nitrogens is 1. The average molecular weight is 372 g/mol. The van der Waals surface area contributed by atoms with Gasteiger partial charge >= 0.3 is 0 Å². The molecule has 26 heavy (non-hydrogen) atoms. The molecule has 1 aromatic heterocycles. The number of benzene rings is 1. The highest BCUT2D eigenvalue weighted by Crippen LogP contribution is 2.28. The fourth-order valence-corrected chi connectivity index (χ4v) is 4.13. The Hall–Kier alpha value is -2.21. The van der Waals surface area contributed by atoms with Crippen molar-refractivity contribution < 1.29 is 9.59 Å². The second kappa shape index (κ2) is 8.45. The standard InChI is InChI=1S/C20H25N3O2S/c1-13-9-10-15(11-14(13)2)19(25)21-12-18(24)23-20-22-16-7-5-3-4-6-8-17(16)26-20/h9-11H,3-8,12H2,1-2H3,(H,21,25)(H,22,23,24). The van der Waals surface area contributed by atoms with Gasteiger partial charge in [0.15, 0.2) is 5.13 Å². The fraction of sp³-hybridized carbons (Fsp3) is 0.450. The molecule has 1 aromatic carbocycles. The van der Waals surface area contributed by atoms with Crippen LogP contribution in [0.4, 0.5) is 5.13 Å². The summed E-state index contributed by atoms with van der Waals surface area (Å²) in [6, 6.07) is 5.52. The highest BCUT2D eigenvalue weighted by molar-refractivity contribution is 7.15. The summed E-state index contributed by atoms with van der Waals surface area (Å²) in [4.78, 5) is 30.2. The Labute approximate surface area is 158 Å². The zero-order valence-corrected chi connectivity index (χ0v) is 16.2. The highest BCUT2D eigenvalue weighted by atomic mass is 32.1. The van der Waals surface area contributed by atoms with Gasteiger partial charge in [-0.3, -0.25) is 9.59 Å². The van der Waals surface area contributed by atoms with E-state index in [-0.39, 0.29) is 18.4 Å². The van der Waals surface area contributed by atoms with E-state index in [9.17, 15) is 9.59 Å². The number of carbonyl (C=O) groups excluding carboxylic acids is 2. The normalized spacial score (nSPS) is 14.1. The van der Waals surface area contributed by atoms with Crippen LogP contribution in [0.25, 0.3) is 0 Å². The Morgan fingerprint density at radius 2 is 1.85 bits per heavy atom. The quantitative estimate of drug-likeness (QED) is 0.859. The number of rotatable bonds is 4. The number of amides is 2. The van der Waals surface area contributed by atoms with Crippen LogP contribution in [0.2, 0.25) is 0 Å². The molecule has 0 atom stereocenters. The van der Waals surface area contributed by atoms with Crippen molar-refractivity contribution in [2.45, 2.75) is 52.4 Å². The molecule has 0 saturated heterocycles. The van der Waals surface area contributed by atoms with E-state index in [1.165, 1.54) is 24.1 Å². The van der Waals surface area contributed by atoms with E-state index in [1.807, 2.05) is 26.0 Å². The SMILES string of the molecule is Cc1ccc(C(=O)NCC(=O)Nc2nc3c(s2)CCCCCC3)cc1C. The predicted molar refractivity (Wildman–Crippen MR) is 105 cm³/mol. The molecular formula is C20H25N3O2S. The first-order valence-corrected chi connectivity index (χ1v) is 9.98. The summed E-state index contributed by atoms with van der Waals surface area (Å²) < 4.78 is 0. The van der Waals surface area contributed by atoms with E-state index < -0.39 is 0 Å². The van der Waals surface area contributed by atoms with E-state index in [4.69, 9.17) is 0 Å². The first kappa shape index (κ1) is 18.6. The maximum atomic E-state index is 12.2. The Balaban J connectivity index is 1.54. The summed E-state index contributed by atoms with van der Waals surface area (Å²) in [6.45, 7) is 3.91. The van der Waals surface area contributed by atoms with Crippen LogP contribution < -0.4 is 10.6 Å². The van der Waals surface area contributed by atoms with Crippen molar-refractivity contribution in [3.63, 3.8) is 0 Å². The van der Waals surface area contributed by atoms with Crippen LogP contribution in [0.5, 0.6) is 0 Å². The molecule has 0 bridgehead atoms. The smallest absolute Gasteiger partial charge is 0.251 e. The molecule has 6 heteroatoms. The molecular weight excluding hydrogens is 346 g/mol. The summed E-state index contributed by atoms with van der Waals surface area (Å²) in [5, 5.41) is 6.14. The number of nitrogens with zero attached hydrogens (tertiary/aromatic N) is 1. The summed E-state index contributed by atoms with van der Waals surface area (Å²) >= 11 is 1.56. The van der Waals surface area contributed by atoms with Crippen LogP contribution in [0.15, 0.2) is 18.2 Å². The molecule has 0 saturated carbocycles. The van der Waals surface area contributed by atoms with Gasteiger partial charge in [0.25, 0.3) is 5.91 Å². The summed E-state index contributed by atoms with van der Waals surface area (Å²) in [6.07, 6.45) is 6.91. The lowest BCUT2D eigenvalue weighted by atomic mass is 10.0. The van der Waals surface area contributed by atoms with E-state index in [0.29, 0.717) is 10.7 Å². The van der Waals surface area contributed by atoms with Crippen LogP contribution in [0.1, 0.15) is 57.7 Å². The lowest BCUT2D eigenvalue weighted by Crippen LogP contribution is -2.32. The van der Waals surface area contributed by atoms with Crippen LogP contribution >= 0.6 is 11.3 Å². The monoisotopic (exact) mass is 371 g/mol. The van der Waals surface area contributed by atoms with Crippen molar-refractivity contribution in [3.8, 4) is 0 Å². The molecule has 3 rings (SSSR count). The Bertz CT molecular complexity index is 788. The van der Waals surface area contributed by atoms with Crippen molar-refractivity contribution in [1.29, 1.82) is 0 Å². The van der Waals surface area contributed by atoms with Gasteiger partial charge in [-0.1, -0.05) is 18.9 Å². The van der Waals surface area contributed by atoms with Gasteiger partial charge in [-0.15, -0.1) is 11.3 Å². The van der Waals surface area contributed by atoms with Crippen molar-refractivity contribution in [2.24, 2.45) is 0 Å². The van der Waals surface area contributed by atoms with Gasteiger partial charge in [-0.05, 0) is 62.8 Å². The second-order valence-electron chi connectivity index (χ2n) is 6.83. The first-order chi connectivity index (χ1) is 12.5. The molecule has 5 nitrogen and oxygen atoms in total. The second-order valence-corrected chi connectivity index (χ2v) is 7.92. The topological polar surface area (TPSA) is 71.1 Å². The molecule has 2 N–H and O–H groups in total. The molecule has 1 heterocycles. The first-order valence-electron chi connectivity index (χ1n) is 9.17. The average Bonchev–Trinajstić information content (AvgIpc) is 2.96. The summed E-state index contributed by atoms with van der Waals surface area (Å²) in [5.41, 5.74) is 3.89. The summed E-state index contributed by atoms with van der Waals surface area (Å²) in [5.74, 6) is -0.487. The molecule has 0 aliphatic heterocycles. The lowest BCUT2D eigenvalue weighted by Gasteiger charge is -2.07. The zero-order chi connectivity index (χ0) is 18.5. The van der Waals surface area contributed by atoms with Gasteiger partial charge < -0.3 is 10.6 Å². The van der Waals surface area contributed by atoms with E-state index in [2.05, 4.69) is 15.6 Å². The molecule has 2 aromatic rings. The minimum atomic E-state index is -0.246. The lowest BCUT2D eigenvalue weighted by molar-refractivity contribution is -0.115. The van der Waals surface area contributed by atoms with Gasteiger partial charge in [0.1, 0.15) is 0 Å². The van der Waals surface area contributed by atoms with Gasteiger partial charge in [0.2, 0.25) is 5.91 Å². The third-order valence-electron chi connectivity index (χ3n) is 4.77. The maximum absolute atomic E-state index is 12.2. The molecule has 138 valence electrons. The van der Waals surface area contributed by atoms with Crippen LogP contribution in [-0.2, 0) is 17.6 Å². The maximum Gasteiger partial charge on any atom is 0.251 e. The van der Waals surface area contributed by atoms with Crippen molar-refractivity contribution >= 4 is 28.3 Å². The third-order valence-corrected chi connectivity index (χ3v) is 5.84. The van der Waals surface area contributed by atoms with Gasteiger partial charge in [-0.25, -0.2) is 4.98 Å². The Morgan fingerprint density at radius 3 is 2.62 bits per heavy atom. The van der Waals surface area contributed by atoms with Crippen LogP contribution in [-0.4, -0.2) is 23.3 Å². The fourth-order valence-electron chi connectivity index (χ4n) is 3.07. The van der Waals surface area contributed by atoms with Crippen molar-refractivity contribution in [1.82, 2.24) is 10.3 Å². The highest BCUT2D eigenvalue weighted by Gasteiger charge is 2.15. The number of aryl methyl sites for hydroxylation is 4. The number of hydrogen-bond donors (Lipinski definition) is 2. The minimum Gasteiger partial charge on any atom is -0.343 e. The van der Waals surface area contributed by atoms with Crippen molar-refractivity contribution in [2.75, 3.05) is 11.9 Å². The van der Waals surface area contributed by atoms with Crippen LogP contribution in [0.3, 0.4) is 0 Å². The molecule has 1 aliphatic rings. The minimum absolute atomic E-state index is 0.0595. The molecule has 0 fully saturated rings. The number of carbonyl (C=O) groups is 2. The third kappa shape index (κ3) is 4.69. The number of nitrogens with one attached hydrogen (secondary N) is 2. The molecule has 1 aliphatic carbocycles. The molecule has 0 spiro atoms. The number of hydrogen-bond acceptors (Lipinski definition) is 4. The van der Waals surface area contributed by atoms with Crippen LogP contribution in [0, 0.1) is 13.8 Å². The van der Waals surface area contributed by atoms with E-state index in [0.717, 1.165) is 36.1 Å². The van der Waals surface area contributed by atoms with E-state index >= 15 is 0 Å². The summed E-state index contributed by atoms with van der Waals surface area (Å²) in [7, 11) is 0. The van der Waals surface area contributed by atoms with Crippen molar-refractivity contribution in [3.05, 3.63) is 45.5 Å². The van der Waals surface area contributed by atoms with Gasteiger partial charge in [0.05, 0.1) is 12.2 Å². The predicted octanol–water partition coefficient (Wildman–Crippen LogP) is 3.79. The molecule has 0 unspecified atom stereocenters. The zero-order valence-electron chi connectivity index (χ0n) is 15.4. The Kier molecular flexibility index (Phi) is 6.04. The number of fused-ring (bicyclic) bond motifs is 1. The molecule has 0 radical (unpaired) electrons. The van der Waals surface area contributed by atoms with E-state index in [1.54, 1.807) is 17.4 Å². The Morgan fingerprint density at radius 1 is 1.08 bits per heavy atom. The number of thiazole rings is 1. The largest absolute Gasteiger partial charge is 0.343 e. The van der Waals surface area contributed by atoms with Gasteiger partial charge in [-0.2, -0.15) is 0 Å².